The Morgan fingerprint density at radius 3 is 2.05 bits per heavy atom. The predicted octanol–water partition coefficient (Wildman–Crippen LogP) is 3.92. The lowest BCUT2D eigenvalue weighted by molar-refractivity contribution is -0.384. The van der Waals surface area contributed by atoms with E-state index in [0.717, 1.165) is 5.56 Å². The van der Waals surface area contributed by atoms with Gasteiger partial charge in [-0.25, -0.2) is 0 Å². The molecule has 0 unspecified atom stereocenters. The molecule has 104 valence electrons. The fraction of sp³-hybridized carbons (Fsp3) is 0.333. The van der Waals surface area contributed by atoms with Gasteiger partial charge in [0, 0.05) is 17.7 Å². The van der Waals surface area contributed by atoms with Crippen LogP contribution >= 0.6 is 0 Å². The highest BCUT2D eigenvalue weighted by Gasteiger charge is 2.51. The smallest absolute Gasteiger partial charge is 0.258 e. The molecule has 0 amide bonds. The third kappa shape index (κ3) is 2.76. The molecule has 2 rings (SSSR count). The summed E-state index contributed by atoms with van der Waals surface area (Å²) in [6, 6.07) is 6.45. The number of hydrogen-bond donors (Lipinski definition) is 0. The Hall–Kier alpha value is -1.65. The molecule has 0 spiro atoms. The van der Waals surface area contributed by atoms with Crippen LogP contribution in [0.4, 0.5) is 5.69 Å². The maximum atomic E-state index is 10.6. The molecule has 0 fully saturated rings. The number of nitro groups is 1. The SMILES string of the molecule is C[Si](C)(C)C1=C(C#Cc2ccc([N+](=O)[O-])cc2)[Si]1(C)C. The lowest BCUT2D eigenvalue weighted by Gasteiger charge is -2.14. The van der Waals surface area contributed by atoms with Crippen LogP contribution in [0.5, 0.6) is 0 Å². The number of hydrogen-bond acceptors (Lipinski definition) is 2. The van der Waals surface area contributed by atoms with Crippen LogP contribution in [0.15, 0.2) is 34.3 Å². The van der Waals surface area contributed by atoms with Crippen LogP contribution in [0.25, 0.3) is 0 Å². The van der Waals surface area contributed by atoms with Crippen molar-refractivity contribution in [2.45, 2.75) is 32.7 Å². The van der Waals surface area contributed by atoms with Gasteiger partial charge in [-0.15, -0.1) is 0 Å². The Kier molecular flexibility index (Phi) is 3.48. The summed E-state index contributed by atoms with van der Waals surface area (Å²) in [7, 11) is -2.56. The zero-order chi connectivity index (χ0) is 15.1. The van der Waals surface area contributed by atoms with Gasteiger partial charge in [0.25, 0.3) is 5.69 Å². The molecule has 5 heteroatoms. The van der Waals surface area contributed by atoms with Gasteiger partial charge in [-0.3, -0.25) is 10.1 Å². The molecule has 0 aromatic heterocycles. The van der Waals surface area contributed by atoms with E-state index in [0.29, 0.717) is 0 Å². The highest BCUT2D eigenvalue weighted by molar-refractivity contribution is 7.18. The Morgan fingerprint density at radius 2 is 1.65 bits per heavy atom. The van der Waals surface area contributed by atoms with E-state index in [2.05, 4.69) is 44.6 Å². The monoisotopic (exact) mass is 301 g/mol. The zero-order valence-electron chi connectivity index (χ0n) is 12.6. The summed E-state index contributed by atoms with van der Waals surface area (Å²) in [5.74, 6) is 6.48. The molecule has 0 aliphatic carbocycles. The third-order valence-electron chi connectivity index (χ3n) is 3.60. The minimum absolute atomic E-state index is 0.110. The van der Waals surface area contributed by atoms with Gasteiger partial charge in [-0.05, 0) is 17.3 Å². The molecule has 0 N–H and O–H groups in total. The van der Waals surface area contributed by atoms with E-state index in [-0.39, 0.29) is 10.6 Å². The van der Waals surface area contributed by atoms with Crippen LogP contribution in [0.3, 0.4) is 0 Å². The molecule has 0 atom stereocenters. The van der Waals surface area contributed by atoms with Gasteiger partial charge in [-0.1, -0.05) is 49.4 Å². The van der Waals surface area contributed by atoms with Crippen LogP contribution < -0.4 is 0 Å². The predicted molar refractivity (Wildman–Crippen MR) is 87.8 cm³/mol. The number of allylic oxidation sites excluding steroid dienone is 1. The second kappa shape index (κ2) is 4.72. The first kappa shape index (κ1) is 14.8. The Labute approximate surface area is 121 Å². The number of rotatable bonds is 2. The number of nitrogens with zero attached hydrogens (tertiary/aromatic N) is 1. The van der Waals surface area contributed by atoms with Crippen LogP contribution in [-0.2, 0) is 0 Å². The van der Waals surface area contributed by atoms with Crippen LogP contribution in [0.2, 0.25) is 32.7 Å². The maximum absolute atomic E-state index is 10.6. The first-order valence-corrected chi connectivity index (χ1v) is 13.2. The summed E-state index contributed by atoms with van der Waals surface area (Å²) < 4.78 is 0. The average molecular weight is 301 g/mol. The number of nitro benzene ring substituents is 1. The van der Waals surface area contributed by atoms with Crippen molar-refractivity contribution >= 4 is 21.8 Å². The summed E-state index contributed by atoms with van der Waals surface area (Å²) in [4.78, 5) is 11.9. The standard InChI is InChI=1S/C15H19NO2Si2/c1-19(2,3)15-14(20(15,4)5)11-8-12-6-9-13(10-7-12)16(17)18/h6-7,9-10H,1-5H3. The van der Waals surface area contributed by atoms with E-state index in [1.165, 1.54) is 17.3 Å². The van der Waals surface area contributed by atoms with E-state index >= 15 is 0 Å². The molecule has 0 saturated heterocycles. The first-order valence-electron chi connectivity index (χ1n) is 6.66. The summed E-state index contributed by atoms with van der Waals surface area (Å²) in [6.07, 6.45) is 0. The molecule has 1 aromatic carbocycles. The lowest BCUT2D eigenvalue weighted by Crippen LogP contribution is -2.27. The molecule has 1 aliphatic rings. The molecule has 3 nitrogen and oxygen atoms in total. The van der Waals surface area contributed by atoms with Gasteiger partial charge in [0.1, 0.15) is 8.07 Å². The van der Waals surface area contributed by atoms with Gasteiger partial charge in [0.15, 0.2) is 0 Å². The van der Waals surface area contributed by atoms with E-state index < -0.39 is 16.1 Å². The minimum Gasteiger partial charge on any atom is -0.258 e. The molecule has 0 bridgehead atoms. The van der Waals surface area contributed by atoms with Gasteiger partial charge in [-0.2, -0.15) is 0 Å². The van der Waals surface area contributed by atoms with Crippen LogP contribution in [0.1, 0.15) is 5.56 Å². The quantitative estimate of drug-likeness (QED) is 0.359. The molecule has 0 radical (unpaired) electrons. The second-order valence-electron chi connectivity index (χ2n) is 6.68. The maximum Gasteiger partial charge on any atom is 0.269 e. The van der Waals surface area contributed by atoms with E-state index in [9.17, 15) is 10.1 Å². The van der Waals surface area contributed by atoms with Crippen molar-refractivity contribution in [3.63, 3.8) is 0 Å². The van der Waals surface area contributed by atoms with Crippen molar-refractivity contribution in [2.24, 2.45) is 0 Å². The van der Waals surface area contributed by atoms with Crippen molar-refractivity contribution in [2.75, 3.05) is 0 Å². The van der Waals surface area contributed by atoms with Crippen molar-refractivity contribution in [1.82, 2.24) is 0 Å². The summed E-state index contributed by atoms with van der Waals surface area (Å²) in [6.45, 7) is 11.8. The average Bonchev–Trinajstić information content (AvgIpc) is 2.89. The van der Waals surface area contributed by atoms with Crippen molar-refractivity contribution < 1.29 is 4.92 Å². The molecular formula is C15H19NO2Si2. The third-order valence-corrected chi connectivity index (χ3v) is 12.6. The Morgan fingerprint density at radius 1 is 1.10 bits per heavy atom. The first-order chi connectivity index (χ1) is 9.14. The van der Waals surface area contributed by atoms with E-state index in [4.69, 9.17) is 0 Å². The fourth-order valence-electron chi connectivity index (χ4n) is 2.80. The molecular weight excluding hydrogens is 282 g/mol. The topological polar surface area (TPSA) is 43.1 Å². The summed E-state index contributed by atoms with van der Waals surface area (Å²) in [5.41, 5.74) is 0.952. The summed E-state index contributed by atoms with van der Waals surface area (Å²) in [5, 5.41) is 12.0. The number of benzene rings is 1. The Bertz CT molecular complexity index is 656. The highest BCUT2D eigenvalue weighted by atomic mass is 28.4. The van der Waals surface area contributed by atoms with Gasteiger partial charge >= 0.3 is 0 Å². The van der Waals surface area contributed by atoms with E-state index in [1.54, 1.807) is 17.0 Å². The number of non-ortho nitro benzene ring substituents is 1. The van der Waals surface area contributed by atoms with Crippen molar-refractivity contribution in [3.8, 4) is 11.8 Å². The molecule has 1 aliphatic heterocycles. The summed E-state index contributed by atoms with van der Waals surface area (Å²) >= 11 is 0. The molecule has 20 heavy (non-hydrogen) atoms. The Balaban J connectivity index is 2.24. The van der Waals surface area contributed by atoms with Gasteiger partial charge in [0.05, 0.1) is 13.0 Å². The zero-order valence-corrected chi connectivity index (χ0v) is 14.6. The van der Waals surface area contributed by atoms with Gasteiger partial charge < -0.3 is 0 Å². The van der Waals surface area contributed by atoms with Crippen LogP contribution in [0, 0.1) is 22.0 Å². The normalized spacial score (nSPS) is 16.4. The van der Waals surface area contributed by atoms with E-state index in [1.807, 2.05) is 0 Å². The van der Waals surface area contributed by atoms with Crippen molar-refractivity contribution in [1.29, 1.82) is 0 Å². The second-order valence-corrected chi connectivity index (χ2v) is 16.4. The van der Waals surface area contributed by atoms with Gasteiger partial charge in [0.2, 0.25) is 0 Å². The minimum atomic E-state index is -1.32. The molecule has 0 saturated carbocycles. The largest absolute Gasteiger partial charge is 0.269 e. The highest BCUT2D eigenvalue weighted by Crippen LogP contribution is 2.46. The molecule has 1 aromatic rings. The van der Waals surface area contributed by atoms with Crippen LogP contribution in [-0.4, -0.2) is 21.1 Å². The van der Waals surface area contributed by atoms with Crippen molar-refractivity contribution in [3.05, 3.63) is 50.0 Å². The lowest BCUT2D eigenvalue weighted by atomic mass is 10.2. The molecule has 1 heterocycles. The fourth-order valence-corrected chi connectivity index (χ4v) is 15.5.